The fourth-order valence-corrected chi connectivity index (χ4v) is 3.90. The van der Waals surface area contributed by atoms with Gasteiger partial charge in [-0.2, -0.15) is 0 Å². The molecule has 6 nitrogen and oxygen atoms in total. The summed E-state index contributed by atoms with van der Waals surface area (Å²) in [5.41, 5.74) is 1.92. The van der Waals surface area contributed by atoms with E-state index in [0.29, 0.717) is 28.5 Å². The average molecular weight is 449 g/mol. The third kappa shape index (κ3) is 4.22. The van der Waals surface area contributed by atoms with Gasteiger partial charge < -0.3 is 14.7 Å². The van der Waals surface area contributed by atoms with Crippen LogP contribution in [0.4, 0.5) is 0 Å². The lowest BCUT2D eigenvalue weighted by Gasteiger charge is -2.25. The van der Waals surface area contributed by atoms with E-state index in [-0.39, 0.29) is 17.9 Å². The van der Waals surface area contributed by atoms with Gasteiger partial charge in [-0.15, -0.1) is 0 Å². The van der Waals surface area contributed by atoms with Crippen LogP contribution in [0.5, 0.6) is 5.75 Å². The minimum Gasteiger partial charge on any atom is -0.507 e. The molecule has 2 heterocycles. The highest BCUT2D eigenvalue weighted by atomic mass is 35.5. The standard InChI is InChI=1S/C25H21ClN2O4/c1-2-32-20-5-3-4-18(14-20)22-21(23(29)17-6-8-19(26)9-7-17)24(30)25(31)28(22)15-16-10-12-27-13-11-16/h3-14,22,29H,2,15H2,1H3. The fraction of sp³-hybridized carbons (Fsp3) is 0.160. The van der Waals surface area contributed by atoms with Gasteiger partial charge in [0.1, 0.15) is 11.5 Å². The quantitative estimate of drug-likeness (QED) is 0.334. The Hall–Kier alpha value is -3.64. The van der Waals surface area contributed by atoms with E-state index >= 15 is 0 Å². The molecular weight excluding hydrogens is 428 g/mol. The predicted molar refractivity (Wildman–Crippen MR) is 121 cm³/mol. The summed E-state index contributed by atoms with van der Waals surface area (Å²) in [5.74, 6) is -1.04. The number of aliphatic hydroxyl groups excluding tert-OH is 1. The monoisotopic (exact) mass is 448 g/mol. The Morgan fingerprint density at radius 1 is 1.09 bits per heavy atom. The summed E-state index contributed by atoms with van der Waals surface area (Å²) in [4.78, 5) is 31.6. The van der Waals surface area contributed by atoms with Gasteiger partial charge in [0.15, 0.2) is 0 Å². The predicted octanol–water partition coefficient (Wildman–Crippen LogP) is 4.76. The van der Waals surface area contributed by atoms with E-state index < -0.39 is 17.7 Å². The average Bonchev–Trinajstić information content (AvgIpc) is 3.05. The maximum absolute atomic E-state index is 13.1. The smallest absolute Gasteiger partial charge is 0.295 e. The van der Waals surface area contributed by atoms with Gasteiger partial charge in [-0.1, -0.05) is 23.7 Å². The molecule has 3 aromatic rings. The maximum atomic E-state index is 13.1. The van der Waals surface area contributed by atoms with E-state index in [1.807, 2.05) is 13.0 Å². The maximum Gasteiger partial charge on any atom is 0.295 e. The normalized spacial score (nSPS) is 17.6. The number of hydrogen-bond donors (Lipinski definition) is 1. The molecule has 0 bridgehead atoms. The number of carbonyl (C=O) groups excluding carboxylic acids is 2. The Morgan fingerprint density at radius 3 is 2.50 bits per heavy atom. The van der Waals surface area contributed by atoms with Crippen molar-refractivity contribution < 1.29 is 19.4 Å². The van der Waals surface area contributed by atoms with Gasteiger partial charge >= 0.3 is 0 Å². The number of ketones is 1. The number of halogens is 1. The van der Waals surface area contributed by atoms with E-state index in [1.165, 1.54) is 4.90 Å². The number of ether oxygens (including phenoxy) is 1. The number of nitrogens with zero attached hydrogens (tertiary/aromatic N) is 2. The van der Waals surface area contributed by atoms with Crippen molar-refractivity contribution in [2.45, 2.75) is 19.5 Å². The molecule has 0 aliphatic carbocycles. The zero-order valence-electron chi connectivity index (χ0n) is 17.4. The Morgan fingerprint density at radius 2 is 1.81 bits per heavy atom. The molecule has 7 heteroatoms. The summed E-state index contributed by atoms with van der Waals surface area (Å²) in [6, 6.07) is 16.5. The highest BCUT2D eigenvalue weighted by molar-refractivity contribution is 6.46. The largest absolute Gasteiger partial charge is 0.507 e. The number of rotatable bonds is 6. The van der Waals surface area contributed by atoms with Crippen molar-refractivity contribution in [3.8, 4) is 5.75 Å². The molecule has 1 atom stereocenters. The highest BCUT2D eigenvalue weighted by Crippen LogP contribution is 2.41. The van der Waals surface area contributed by atoms with Crippen LogP contribution < -0.4 is 4.74 Å². The van der Waals surface area contributed by atoms with Gasteiger partial charge in [-0.05, 0) is 66.6 Å². The molecule has 0 saturated carbocycles. The van der Waals surface area contributed by atoms with Crippen molar-refractivity contribution in [3.05, 3.63) is 100 Å². The van der Waals surface area contributed by atoms with Gasteiger partial charge in [0.05, 0.1) is 18.2 Å². The molecule has 1 aliphatic heterocycles. The van der Waals surface area contributed by atoms with Crippen LogP contribution in [0.2, 0.25) is 5.02 Å². The molecule has 32 heavy (non-hydrogen) atoms. The Balaban J connectivity index is 1.86. The second-order valence-electron chi connectivity index (χ2n) is 7.29. The van der Waals surface area contributed by atoms with Crippen LogP contribution in [-0.2, 0) is 16.1 Å². The van der Waals surface area contributed by atoms with E-state index in [4.69, 9.17) is 16.3 Å². The lowest BCUT2D eigenvalue weighted by molar-refractivity contribution is -0.140. The first-order chi connectivity index (χ1) is 15.5. The molecule has 1 saturated heterocycles. The molecule has 1 unspecified atom stereocenters. The molecule has 1 fully saturated rings. The molecule has 0 spiro atoms. The Labute approximate surface area is 190 Å². The van der Waals surface area contributed by atoms with Crippen molar-refractivity contribution in [1.29, 1.82) is 0 Å². The van der Waals surface area contributed by atoms with Crippen molar-refractivity contribution >= 4 is 29.1 Å². The van der Waals surface area contributed by atoms with Crippen molar-refractivity contribution in [2.75, 3.05) is 6.61 Å². The number of likely N-dealkylation sites (tertiary alicyclic amines) is 1. The first kappa shape index (κ1) is 21.6. The number of hydrogen-bond acceptors (Lipinski definition) is 5. The van der Waals surface area contributed by atoms with E-state index in [1.54, 1.807) is 67.0 Å². The van der Waals surface area contributed by atoms with Crippen LogP contribution in [-0.4, -0.2) is 33.3 Å². The van der Waals surface area contributed by atoms with Gasteiger partial charge in [0.2, 0.25) is 0 Å². The van der Waals surface area contributed by atoms with E-state index in [2.05, 4.69) is 4.98 Å². The molecule has 162 valence electrons. The third-order valence-electron chi connectivity index (χ3n) is 5.24. The zero-order valence-corrected chi connectivity index (χ0v) is 18.1. The molecule has 1 N–H and O–H groups in total. The Kier molecular flexibility index (Phi) is 6.23. The minimum atomic E-state index is -0.778. The number of carbonyl (C=O) groups is 2. The zero-order chi connectivity index (χ0) is 22.7. The lowest BCUT2D eigenvalue weighted by atomic mass is 9.95. The van der Waals surface area contributed by atoms with Crippen LogP contribution >= 0.6 is 11.6 Å². The first-order valence-corrected chi connectivity index (χ1v) is 10.5. The van der Waals surface area contributed by atoms with Crippen molar-refractivity contribution in [2.24, 2.45) is 0 Å². The number of benzene rings is 2. The van der Waals surface area contributed by atoms with E-state index in [9.17, 15) is 14.7 Å². The summed E-state index contributed by atoms with van der Waals surface area (Å²) in [6.07, 6.45) is 3.26. The molecule has 1 aromatic heterocycles. The summed E-state index contributed by atoms with van der Waals surface area (Å²) >= 11 is 5.97. The summed E-state index contributed by atoms with van der Waals surface area (Å²) in [7, 11) is 0. The van der Waals surface area contributed by atoms with Crippen molar-refractivity contribution in [1.82, 2.24) is 9.88 Å². The van der Waals surface area contributed by atoms with Gasteiger partial charge in [-0.25, -0.2) is 0 Å². The molecule has 1 amide bonds. The second-order valence-corrected chi connectivity index (χ2v) is 7.73. The van der Waals surface area contributed by atoms with Crippen LogP contribution in [0, 0.1) is 0 Å². The summed E-state index contributed by atoms with van der Waals surface area (Å²) in [5, 5.41) is 11.6. The van der Waals surface area contributed by atoms with E-state index in [0.717, 1.165) is 5.56 Å². The molecule has 2 aromatic carbocycles. The number of aliphatic hydroxyl groups is 1. The SMILES string of the molecule is CCOc1cccc(C2C(=C(O)c3ccc(Cl)cc3)C(=O)C(=O)N2Cc2ccncc2)c1. The number of amides is 1. The van der Waals surface area contributed by atoms with Gasteiger partial charge in [0.25, 0.3) is 11.7 Å². The first-order valence-electron chi connectivity index (χ1n) is 10.2. The van der Waals surface area contributed by atoms with Gasteiger partial charge in [-0.3, -0.25) is 14.6 Å². The summed E-state index contributed by atoms with van der Waals surface area (Å²) in [6.45, 7) is 2.54. The van der Waals surface area contributed by atoms with Crippen LogP contribution in [0.15, 0.2) is 78.6 Å². The second kappa shape index (κ2) is 9.24. The summed E-state index contributed by atoms with van der Waals surface area (Å²) < 4.78 is 5.62. The minimum absolute atomic E-state index is 0.0278. The molecule has 4 rings (SSSR count). The van der Waals surface area contributed by atoms with Crippen LogP contribution in [0.25, 0.3) is 5.76 Å². The highest BCUT2D eigenvalue weighted by Gasteiger charge is 2.46. The topological polar surface area (TPSA) is 79.7 Å². The number of Topliss-reactive ketones (excluding diaryl/α,β-unsaturated/α-hetero) is 1. The number of aromatic nitrogens is 1. The lowest BCUT2D eigenvalue weighted by Crippen LogP contribution is -2.29. The van der Waals surface area contributed by atoms with Crippen LogP contribution in [0.3, 0.4) is 0 Å². The molecular formula is C25H21ClN2O4. The molecule has 0 radical (unpaired) electrons. The fourth-order valence-electron chi connectivity index (χ4n) is 3.78. The van der Waals surface area contributed by atoms with Crippen LogP contribution in [0.1, 0.15) is 29.7 Å². The Bertz CT molecular complexity index is 1180. The van der Waals surface area contributed by atoms with Crippen molar-refractivity contribution in [3.63, 3.8) is 0 Å². The molecule has 1 aliphatic rings. The third-order valence-corrected chi connectivity index (χ3v) is 5.50. The van der Waals surface area contributed by atoms with Gasteiger partial charge in [0, 0.05) is 29.5 Å². The number of pyridine rings is 1.